The molecular weight excluding hydrogens is 360 g/mol. The topological polar surface area (TPSA) is 80.6 Å². The molecule has 0 aliphatic carbocycles. The smallest absolute Gasteiger partial charge is 0.350 e. The van der Waals surface area contributed by atoms with Crippen LogP contribution in [0.15, 0.2) is 44.9 Å². The summed E-state index contributed by atoms with van der Waals surface area (Å²) in [6.45, 7) is 1.85. The van der Waals surface area contributed by atoms with Gasteiger partial charge in [-0.05, 0) is 48.3 Å². The first kappa shape index (κ1) is 17.1. The largest absolute Gasteiger partial charge is 0.465 e. The van der Waals surface area contributed by atoms with Crippen LogP contribution in [0.5, 0.6) is 0 Å². The summed E-state index contributed by atoms with van der Waals surface area (Å²) in [6, 6.07) is 8.58. The van der Waals surface area contributed by atoms with E-state index in [4.69, 9.17) is 21.4 Å². The molecule has 3 rings (SSSR count). The highest BCUT2D eigenvalue weighted by Crippen LogP contribution is 2.24. The first-order valence-corrected chi connectivity index (χ1v) is 8.55. The lowest BCUT2D eigenvalue weighted by Gasteiger charge is -2.11. The Labute approximate surface area is 152 Å². The molecule has 6 nitrogen and oxygen atoms in total. The quantitative estimate of drug-likeness (QED) is 0.410. The van der Waals surface area contributed by atoms with Crippen molar-refractivity contribution in [3.8, 4) is 0 Å². The zero-order valence-electron chi connectivity index (χ0n) is 13.4. The second kappa shape index (κ2) is 7.04. The van der Waals surface area contributed by atoms with Crippen molar-refractivity contribution in [1.82, 2.24) is 0 Å². The van der Waals surface area contributed by atoms with E-state index >= 15 is 0 Å². The molecule has 0 aliphatic heterocycles. The second-order valence-electron chi connectivity index (χ2n) is 5.19. The van der Waals surface area contributed by atoms with Gasteiger partial charge in [-0.15, -0.1) is 11.3 Å². The number of methoxy groups -OCH3 is 1. The molecule has 2 aromatic heterocycles. The minimum atomic E-state index is -0.428. The summed E-state index contributed by atoms with van der Waals surface area (Å²) in [4.78, 5) is 23.6. The average Bonchev–Trinajstić information content (AvgIpc) is 3.01. The molecule has 8 heteroatoms. The van der Waals surface area contributed by atoms with Gasteiger partial charge in [-0.3, -0.25) is 0 Å². The van der Waals surface area contributed by atoms with Crippen LogP contribution in [0.4, 0.5) is 11.4 Å². The molecule has 0 aliphatic rings. The zero-order valence-corrected chi connectivity index (χ0v) is 15.0. The molecule has 128 valence electrons. The number of hydrogen-bond donors (Lipinski definition) is 2. The number of nitrogens with one attached hydrogen (secondary N) is 2. The van der Waals surface area contributed by atoms with Gasteiger partial charge in [-0.2, -0.15) is 0 Å². The summed E-state index contributed by atoms with van der Waals surface area (Å²) >= 11 is 6.54. The Morgan fingerprint density at radius 1 is 1.24 bits per heavy atom. The van der Waals surface area contributed by atoms with Crippen molar-refractivity contribution < 1.29 is 13.9 Å². The predicted octanol–water partition coefficient (Wildman–Crippen LogP) is 3.76. The molecule has 3 aromatic rings. The maximum absolute atomic E-state index is 11.7. The lowest BCUT2D eigenvalue weighted by molar-refractivity contribution is 0.0607. The summed E-state index contributed by atoms with van der Waals surface area (Å²) in [5.41, 5.74) is 2.15. The number of aryl methyl sites for hydroxylation is 1. The fourth-order valence-electron chi connectivity index (χ4n) is 2.35. The second-order valence-corrected chi connectivity index (χ2v) is 6.52. The molecule has 25 heavy (non-hydrogen) atoms. The maximum Gasteiger partial charge on any atom is 0.350 e. The van der Waals surface area contributed by atoms with E-state index in [1.807, 2.05) is 19.1 Å². The van der Waals surface area contributed by atoms with Gasteiger partial charge in [-0.1, -0.05) is 0 Å². The normalized spacial score (nSPS) is 10.5. The molecule has 0 saturated carbocycles. The third-order valence-electron chi connectivity index (χ3n) is 3.49. The number of ether oxygens (including phenoxy) is 1. The lowest BCUT2D eigenvalue weighted by atomic mass is 10.1. The monoisotopic (exact) mass is 374 g/mol. The number of esters is 1. The van der Waals surface area contributed by atoms with Gasteiger partial charge in [-0.25, -0.2) is 9.59 Å². The summed E-state index contributed by atoms with van der Waals surface area (Å²) in [6.07, 6.45) is 0. The Bertz CT molecular complexity index is 1020. The van der Waals surface area contributed by atoms with Crippen LogP contribution in [-0.2, 0) is 4.74 Å². The Balaban J connectivity index is 1.80. The van der Waals surface area contributed by atoms with Crippen molar-refractivity contribution >= 4 is 57.0 Å². The third-order valence-corrected chi connectivity index (χ3v) is 4.59. The number of rotatable bonds is 3. The average molecular weight is 374 g/mol. The summed E-state index contributed by atoms with van der Waals surface area (Å²) in [5.74, 6) is -0.428. The van der Waals surface area contributed by atoms with Crippen molar-refractivity contribution in [2.75, 3.05) is 17.7 Å². The number of fused-ring (bicyclic) bond motifs is 1. The van der Waals surface area contributed by atoms with Crippen molar-refractivity contribution in [2.45, 2.75) is 6.92 Å². The van der Waals surface area contributed by atoms with Crippen molar-refractivity contribution in [2.24, 2.45) is 0 Å². The van der Waals surface area contributed by atoms with Crippen LogP contribution in [0, 0.1) is 6.92 Å². The molecule has 0 atom stereocenters. The summed E-state index contributed by atoms with van der Waals surface area (Å²) < 4.78 is 9.95. The van der Waals surface area contributed by atoms with E-state index in [1.54, 1.807) is 17.5 Å². The van der Waals surface area contributed by atoms with E-state index < -0.39 is 11.6 Å². The molecule has 2 N–H and O–H groups in total. The van der Waals surface area contributed by atoms with Gasteiger partial charge in [0.2, 0.25) is 0 Å². The van der Waals surface area contributed by atoms with Crippen LogP contribution in [-0.4, -0.2) is 18.2 Å². The van der Waals surface area contributed by atoms with Gasteiger partial charge in [0.05, 0.1) is 12.8 Å². The molecule has 0 fully saturated rings. The number of benzene rings is 1. The van der Waals surface area contributed by atoms with Crippen LogP contribution in [0.2, 0.25) is 0 Å². The Kier molecular flexibility index (Phi) is 4.82. The molecule has 0 spiro atoms. The Morgan fingerprint density at radius 2 is 2.04 bits per heavy atom. The van der Waals surface area contributed by atoms with Crippen LogP contribution in [0.3, 0.4) is 0 Å². The van der Waals surface area contributed by atoms with Gasteiger partial charge in [0.15, 0.2) is 5.11 Å². The highest BCUT2D eigenvalue weighted by Gasteiger charge is 2.14. The van der Waals surface area contributed by atoms with E-state index in [0.717, 1.165) is 10.9 Å². The summed E-state index contributed by atoms with van der Waals surface area (Å²) in [5, 5.41) is 8.90. The van der Waals surface area contributed by atoms with Crippen molar-refractivity contribution in [1.29, 1.82) is 0 Å². The maximum atomic E-state index is 11.7. The number of anilines is 2. The van der Waals surface area contributed by atoms with Gasteiger partial charge < -0.3 is 19.8 Å². The van der Waals surface area contributed by atoms with Crippen LogP contribution in [0.1, 0.15) is 15.2 Å². The molecule has 0 bridgehead atoms. The van der Waals surface area contributed by atoms with Gasteiger partial charge >= 0.3 is 11.6 Å². The van der Waals surface area contributed by atoms with Gasteiger partial charge in [0.1, 0.15) is 10.5 Å². The lowest BCUT2D eigenvalue weighted by Crippen LogP contribution is -2.20. The SMILES string of the molecule is COC(=O)c1sccc1NC(=S)Nc1ccc2c(C)cc(=O)oc2c1. The standard InChI is InChI=1S/C17H14N2O4S2/c1-9-7-14(20)23-13-8-10(3-4-11(9)13)18-17(24)19-12-5-6-25-15(12)16(21)22-2/h3-8H,1-2H3,(H2,18,19,24). The van der Waals surface area contributed by atoms with Crippen LogP contribution in [0.25, 0.3) is 11.0 Å². The zero-order chi connectivity index (χ0) is 18.0. The first-order chi connectivity index (χ1) is 12.0. The number of carbonyl (C=O) groups excluding carboxylic acids is 1. The van der Waals surface area contributed by atoms with Crippen LogP contribution < -0.4 is 16.3 Å². The van der Waals surface area contributed by atoms with E-state index in [1.165, 1.54) is 24.5 Å². The fraction of sp³-hybridized carbons (Fsp3) is 0.118. The Morgan fingerprint density at radius 3 is 2.80 bits per heavy atom. The van der Waals surface area contributed by atoms with Crippen LogP contribution >= 0.6 is 23.6 Å². The third kappa shape index (κ3) is 3.70. The first-order valence-electron chi connectivity index (χ1n) is 7.26. The van der Waals surface area contributed by atoms with E-state index in [9.17, 15) is 9.59 Å². The molecule has 0 unspecified atom stereocenters. The molecule has 0 amide bonds. The van der Waals surface area contributed by atoms with E-state index in [0.29, 0.717) is 26.9 Å². The molecule has 0 saturated heterocycles. The molecule has 0 radical (unpaired) electrons. The minimum absolute atomic E-state index is 0.304. The number of thiophene rings is 1. The highest BCUT2D eigenvalue weighted by atomic mass is 32.1. The van der Waals surface area contributed by atoms with Gasteiger partial charge in [0, 0.05) is 23.2 Å². The predicted molar refractivity (Wildman–Crippen MR) is 103 cm³/mol. The molecular formula is C17H14N2O4S2. The minimum Gasteiger partial charge on any atom is -0.465 e. The summed E-state index contributed by atoms with van der Waals surface area (Å²) in [7, 11) is 1.33. The molecule has 1 aromatic carbocycles. The Hall–Kier alpha value is -2.71. The van der Waals surface area contributed by atoms with Crippen molar-refractivity contribution in [3.63, 3.8) is 0 Å². The van der Waals surface area contributed by atoms with E-state index in [-0.39, 0.29) is 0 Å². The van der Waals surface area contributed by atoms with Crippen molar-refractivity contribution in [3.05, 3.63) is 56.6 Å². The highest BCUT2D eigenvalue weighted by molar-refractivity contribution is 7.80. The fourth-order valence-corrected chi connectivity index (χ4v) is 3.34. The number of thiocarbonyl (C=S) groups is 1. The number of hydrogen-bond acceptors (Lipinski definition) is 6. The molecule has 2 heterocycles. The van der Waals surface area contributed by atoms with E-state index in [2.05, 4.69) is 10.6 Å². The van der Waals surface area contributed by atoms with Gasteiger partial charge in [0.25, 0.3) is 0 Å². The number of carbonyl (C=O) groups is 1.